The predicted octanol–water partition coefficient (Wildman–Crippen LogP) is 0.572. The molecule has 0 amide bonds. The summed E-state index contributed by atoms with van der Waals surface area (Å²) in [5, 5.41) is 8.17. The van der Waals surface area contributed by atoms with E-state index in [1.165, 1.54) is 0 Å². The zero-order chi connectivity index (χ0) is 17.1. The summed E-state index contributed by atoms with van der Waals surface area (Å²) in [7, 11) is 0. The Hall–Kier alpha value is -2.06. The van der Waals surface area contributed by atoms with Gasteiger partial charge in [-0.3, -0.25) is 0 Å². The van der Waals surface area contributed by atoms with Crippen LogP contribution in [0.3, 0.4) is 0 Å². The second-order valence-electron chi connectivity index (χ2n) is 6.59. The van der Waals surface area contributed by atoms with Gasteiger partial charge in [0, 0.05) is 56.5 Å². The van der Waals surface area contributed by atoms with Gasteiger partial charge in [0.25, 0.3) is 0 Å². The zero-order valence-corrected chi connectivity index (χ0v) is 14.7. The molecule has 1 N–H and O–H groups in total. The van der Waals surface area contributed by atoms with Gasteiger partial charge in [0.1, 0.15) is 5.82 Å². The van der Waals surface area contributed by atoms with E-state index in [0.717, 1.165) is 81.8 Å². The minimum absolute atomic E-state index is 0.415. The molecule has 2 aliphatic heterocycles. The molecule has 1 fully saturated rings. The van der Waals surface area contributed by atoms with Crippen LogP contribution in [0, 0.1) is 0 Å². The largest absolute Gasteiger partial charge is 0.378 e. The van der Waals surface area contributed by atoms with Gasteiger partial charge in [-0.25, -0.2) is 19.6 Å². The van der Waals surface area contributed by atoms with Crippen LogP contribution in [0.2, 0.25) is 0 Å². The summed E-state index contributed by atoms with van der Waals surface area (Å²) >= 11 is 0. The van der Waals surface area contributed by atoms with Crippen molar-refractivity contribution in [3.8, 4) is 0 Å². The number of rotatable bonds is 5. The third-order valence-corrected chi connectivity index (χ3v) is 4.80. The van der Waals surface area contributed by atoms with E-state index in [0.29, 0.717) is 6.04 Å². The lowest BCUT2D eigenvalue weighted by molar-refractivity contribution is 0.122. The Labute approximate surface area is 147 Å². The molecule has 0 bridgehead atoms. The van der Waals surface area contributed by atoms with Crippen molar-refractivity contribution in [1.82, 2.24) is 30.0 Å². The molecule has 0 aliphatic carbocycles. The van der Waals surface area contributed by atoms with Crippen molar-refractivity contribution in [2.24, 2.45) is 0 Å². The second kappa shape index (κ2) is 7.45. The van der Waals surface area contributed by atoms with Gasteiger partial charge in [-0.15, -0.1) is 0 Å². The molecule has 8 heteroatoms. The molecule has 2 aromatic rings. The highest BCUT2D eigenvalue weighted by Gasteiger charge is 2.21. The molecule has 0 radical (unpaired) electrons. The highest BCUT2D eigenvalue weighted by atomic mass is 16.5. The molecule has 0 aromatic carbocycles. The molecule has 2 aromatic heterocycles. The third-order valence-electron chi connectivity index (χ3n) is 4.80. The standard InChI is InChI=1S/C17H25N7O/c1-2-15-21-16-4-3-14(12-24(16)22-15)18-9-13-10-19-17(20-11-13)23-5-7-25-8-6-23/h10-11,14,18H,2-9,12H2,1H3/t14-/m0/s1. The summed E-state index contributed by atoms with van der Waals surface area (Å²) in [5.41, 5.74) is 1.11. The van der Waals surface area contributed by atoms with Gasteiger partial charge in [-0.2, -0.15) is 5.10 Å². The fourth-order valence-corrected chi connectivity index (χ4v) is 3.31. The molecule has 0 unspecified atom stereocenters. The lowest BCUT2D eigenvalue weighted by atomic mass is 10.1. The summed E-state index contributed by atoms with van der Waals surface area (Å²) in [6, 6.07) is 0.415. The topological polar surface area (TPSA) is 81.0 Å². The number of anilines is 1. The molecule has 25 heavy (non-hydrogen) atoms. The predicted molar refractivity (Wildman–Crippen MR) is 93.4 cm³/mol. The molecule has 2 aliphatic rings. The van der Waals surface area contributed by atoms with Crippen molar-refractivity contribution in [3.05, 3.63) is 29.6 Å². The van der Waals surface area contributed by atoms with E-state index in [-0.39, 0.29) is 0 Å². The van der Waals surface area contributed by atoms with Crippen LogP contribution < -0.4 is 10.2 Å². The quantitative estimate of drug-likeness (QED) is 0.850. The number of aromatic nitrogens is 5. The maximum atomic E-state index is 5.37. The van der Waals surface area contributed by atoms with E-state index in [4.69, 9.17) is 4.74 Å². The highest BCUT2D eigenvalue weighted by Crippen LogP contribution is 2.14. The van der Waals surface area contributed by atoms with E-state index in [1.807, 2.05) is 12.4 Å². The Morgan fingerprint density at radius 1 is 1.24 bits per heavy atom. The maximum absolute atomic E-state index is 5.37. The molecular formula is C17H25N7O. The average molecular weight is 343 g/mol. The first-order chi connectivity index (χ1) is 12.3. The van der Waals surface area contributed by atoms with Gasteiger partial charge in [0.15, 0.2) is 5.82 Å². The number of nitrogens with one attached hydrogen (secondary N) is 1. The number of hydrogen-bond acceptors (Lipinski definition) is 7. The minimum atomic E-state index is 0.415. The van der Waals surface area contributed by atoms with Crippen molar-refractivity contribution < 1.29 is 4.74 Å². The molecule has 0 saturated carbocycles. The number of aryl methyl sites for hydroxylation is 2. The molecule has 4 heterocycles. The van der Waals surface area contributed by atoms with E-state index in [1.54, 1.807) is 0 Å². The molecule has 1 saturated heterocycles. The number of fused-ring (bicyclic) bond motifs is 1. The second-order valence-corrected chi connectivity index (χ2v) is 6.59. The van der Waals surface area contributed by atoms with Crippen molar-refractivity contribution in [1.29, 1.82) is 0 Å². The lowest BCUT2D eigenvalue weighted by Crippen LogP contribution is -2.38. The average Bonchev–Trinajstić information content (AvgIpc) is 3.10. The van der Waals surface area contributed by atoms with Gasteiger partial charge >= 0.3 is 0 Å². The van der Waals surface area contributed by atoms with Crippen molar-refractivity contribution in [3.63, 3.8) is 0 Å². The smallest absolute Gasteiger partial charge is 0.225 e. The summed E-state index contributed by atoms with van der Waals surface area (Å²) in [6.07, 6.45) is 6.81. The van der Waals surface area contributed by atoms with Crippen LogP contribution >= 0.6 is 0 Å². The summed E-state index contributed by atoms with van der Waals surface area (Å²) in [5.74, 6) is 2.86. The van der Waals surface area contributed by atoms with Gasteiger partial charge in [-0.05, 0) is 6.42 Å². The Morgan fingerprint density at radius 2 is 2.04 bits per heavy atom. The SMILES string of the molecule is CCc1nc2n(n1)C[C@@H](NCc1cnc(N3CCOCC3)nc1)CC2. The lowest BCUT2D eigenvalue weighted by Gasteiger charge is -2.26. The van der Waals surface area contributed by atoms with Crippen LogP contribution in [0.25, 0.3) is 0 Å². The number of nitrogens with zero attached hydrogens (tertiary/aromatic N) is 6. The van der Waals surface area contributed by atoms with Gasteiger partial charge < -0.3 is 15.0 Å². The van der Waals surface area contributed by atoms with Gasteiger partial charge in [-0.1, -0.05) is 6.92 Å². The summed E-state index contributed by atoms with van der Waals surface area (Å²) in [4.78, 5) is 15.7. The highest BCUT2D eigenvalue weighted by molar-refractivity contribution is 5.30. The van der Waals surface area contributed by atoms with E-state index < -0.39 is 0 Å². The first-order valence-electron chi connectivity index (χ1n) is 9.11. The van der Waals surface area contributed by atoms with Crippen LogP contribution in [-0.4, -0.2) is 57.1 Å². The number of morpholine rings is 1. The van der Waals surface area contributed by atoms with Crippen molar-refractivity contribution in [2.45, 2.75) is 45.3 Å². The normalized spacial score (nSPS) is 20.5. The zero-order valence-electron chi connectivity index (χ0n) is 14.7. The molecule has 1 atom stereocenters. The third kappa shape index (κ3) is 3.80. The van der Waals surface area contributed by atoms with E-state index in [9.17, 15) is 0 Å². The first-order valence-corrected chi connectivity index (χ1v) is 9.11. The van der Waals surface area contributed by atoms with E-state index in [2.05, 4.69) is 41.9 Å². The van der Waals surface area contributed by atoms with Crippen LogP contribution in [0.15, 0.2) is 12.4 Å². The fraction of sp³-hybridized carbons (Fsp3) is 0.647. The monoisotopic (exact) mass is 343 g/mol. The Balaban J connectivity index is 1.31. The van der Waals surface area contributed by atoms with Crippen LogP contribution in [0.1, 0.15) is 30.6 Å². The van der Waals surface area contributed by atoms with Crippen LogP contribution in [0.5, 0.6) is 0 Å². The fourth-order valence-electron chi connectivity index (χ4n) is 3.31. The van der Waals surface area contributed by atoms with Crippen molar-refractivity contribution >= 4 is 5.95 Å². The molecule has 0 spiro atoms. The Bertz CT molecular complexity index is 694. The number of ether oxygens (including phenoxy) is 1. The molecule has 8 nitrogen and oxygen atoms in total. The molecule has 134 valence electrons. The Kier molecular flexibility index (Phi) is 4.89. The Morgan fingerprint density at radius 3 is 2.80 bits per heavy atom. The molecular weight excluding hydrogens is 318 g/mol. The first kappa shape index (κ1) is 16.4. The van der Waals surface area contributed by atoms with Crippen molar-refractivity contribution in [2.75, 3.05) is 31.2 Å². The van der Waals surface area contributed by atoms with Gasteiger partial charge in [0.2, 0.25) is 5.95 Å². The van der Waals surface area contributed by atoms with Crippen LogP contribution in [-0.2, 0) is 30.7 Å². The number of hydrogen-bond donors (Lipinski definition) is 1. The maximum Gasteiger partial charge on any atom is 0.225 e. The van der Waals surface area contributed by atoms with E-state index >= 15 is 0 Å². The van der Waals surface area contributed by atoms with Gasteiger partial charge in [0.05, 0.1) is 19.8 Å². The summed E-state index contributed by atoms with van der Waals surface area (Å²) < 4.78 is 7.42. The molecule has 4 rings (SSSR count). The van der Waals surface area contributed by atoms with Crippen LogP contribution in [0.4, 0.5) is 5.95 Å². The minimum Gasteiger partial charge on any atom is -0.378 e. The summed E-state index contributed by atoms with van der Waals surface area (Å²) in [6.45, 7) is 6.97.